The average Bonchev–Trinajstić information content (AvgIpc) is 2.80. The van der Waals surface area contributed by atoms with Crippen LogP contribution in [0.3, 0.4) is 0 Å². The van der Waals surface area contributed by atoms with Crippen molar-refractivity contribution in [2.24, 2.45) is 0 Å². The third-order valence-corrected chi connectivity index (χ3v) is 6.09. The minimum absolute atomic E-state index is 0.175. The first-order valence-electron chi connectivity index (χ1n) is 11.1. The van der Waals surface area contributed by atoms with Gasteiger partial charge in [0.05, 0.1) is 13.2 Å². The summed E-state index contributed by atoms with van der Waals surface area (Å²) in [6.45, 7) is 2.79. The first-order chi connectivity index (χ1) is 15.9. The lowest BCUT2D eigenvalue weighted by Crippen LogP contribution is -2.61. The molecule has 0 radical (unpaired) electrons. The van der Waals surface area contributed by atoms with Gasteiger partial charge >= 0.3 is 0 Å². The Kier molecular flexibility index (Phi) is 9.81. The highest BCUT2D eigenvalue weighted by Gasteiger charge is 2.48. The molecule has 2 N–H and O–H groups in total. The van der Waals surface area contributed by atoms with Crippen LogP contribution in [0.15, 0.2) is 60.7 Å². The number of unbranched alkanes of at least 4 members (excludes halogenated alkanes) is 1. The molecule has 1 aliphatic heterocycles. The number of hydrogen-bond acceptors (Lipinski definition) is 7. The van der Waals surface area contributed by atoms with Crippen molar-refractivity contribution in [3.63, 3.8) is 0 Å². The second kappa shape index (κ2) is 12.6. The zero-order valence-corrected chi connectivity index (χ0v) is 19.5. The molecule has 1 saturated heterocycles. The highest BCUT2D eigenvalue weighted by molar-refractivity contribution is 7.85. The Morgan fingerprint density at radius 2 is 1.42 bits per heavy atom. The first-order valence-corrected chi connectivity index (χ1v) is 12.7. The lowest BCUT2D eigenvalue weighted by atomic mass is 9.99. The second-order valence-electron chi connectivity index (χ2n) is 8.03. The Hall–Kier alpha value is -1.85. The predicted octanol–water partition coefficient (Wildman–Crippen LogP) is 2.95. The van der Waals surface area contributed by atoms with Crippen molar-refractivity contribution in [3.05, 3.63) is 71.8 Å². The van der Waals surface area contributed by atoms with Gasteiger partial charge in [-0.25, -0.2) is 0 Å². The Bertz CT molecular complexity index is 922. The van der Waals surface area contributed by atoms with E-state index in [1.807, 2.05) is 67.6 Å². The molecule has 1 heterocycles. The monoisotopic (exact) mass is 480 g/mol. The molecular weight excluding hydrogens is 448 g/mol. The van der Waals surface area contributed by atoms with Gasteiger partial charge in [-0.1, -0.05) is 74.0 Å². The molecule has 1 fully saturated rings. The quantitative estimate of drug-likeness (QED) is 0.352. The maximum Gasteiger partial charge on any atom is 0.267 e. The Morgan fingerprint density at radius 1 is 0.879 bits per heavy atom. The van der Waals surface area contributed by atoms with E-state index in [-0.39, 0.29) is 13.2 Å². The van der Waals surface area contributed by atoms with Crippen LogP contribution < -0.4 is 0 Å². The van der Waals surface area contributed by atoms with Gasteiger partial charge in [0.1, 0.15) is 30.2 Å². The van der Waals surface area contributed by atoms with Crippen LogP contribution in [0.5, 0.6) is 0 Å². The van der Waals surface area contributed by atoms with Gasteiger partial charge in [0, 0.05) is 6.61 Å². The van der Waals surface area contributed by atoms with Gasteiger partial charge in [0.15, 0.2) is 6.29 Å². The zero-order chi connectivity index (χ0) is 23.7. The topological polar surface area (TPSA) is 112 Å². The summed E-state index contributed by atoms with van der Waals surface area (Å²) in [5.41, 5.74) is 1.80. The predicted molar refractivity (Wildman–Crippen MR) is 122 cm³/mol. The van der Waals surface area contributed by atoms with E-state index in [0.29, 0.717) is 6.61 Å². The van der Waals surface area contributed by atoms with Crippen LogP contribution in [0.1, 0.15) is 30.9 Å². The maximum absolute atomic E-state index is 11.5. The van der Waals surface area contributed by atoms with Gasteiger partial charge < -0.3 is 24.1 Å². The summed E-state index contributed by atoms with van der Waals surface area (Å²) in [6, 6.07) is 18.9. The molecule has 0 saturated carbocycles. The number of benzene rings is 2. The van der Waals surface area contributed by atoms with Crippen molar-refractivity contribution in [3.8, 4) is 0 Å². The van der Waals surface area contributed by atoms with Crippen LogP contribution in [0, 0.1) is 0 Å². The molecule has 0 amide bonds. The smallest absolute Gasteiger partial charge is 0.267 e. The largest absolute Gasteiger partial charge is 0.388 e. The molecule has 5 atom stereocenters. The van der Waals surface area contributed by atoms with Crippen LogP contribution >= 0.6 is 0 Å². The van der Waals surface area contributed by atoms with Crippen LogP contribution in [0.2, 0.25) is 0 Å². The van der Waals surface area contributed by atoms with Crippen molar-refractivity contribution >= 4 is 10.1 Å². The molecule has 2 aromatic rings. The lowest BCUT2D eigenvalue weighted by molar-refractivity contribution is -0.312. The lowest BCUT2D eigenvalue weighted by Gasteiger charge is -2.44. The summed E-state index contributed by atoms with van der Waals surface area (Å²) in [5, 5.41) is 11.0. The van der Waals surface area contributed by atoms with E-state index in [1.54, 1.807) is 0 Å². The fourth-order valence-corrected chi connectivity index (χ4v) is 4.31. The van der Waals surface area contributed by atoms with Gasteiger partial charge in [-0.2, -0.15) is 8.42 Å². The fourth-order valence-electron chi connectivity index (χ4n) is 3.61. The molecule has 3 rings (SSSR count). The molecule has 0 bridgehead atoms. The summed E-state index contributed by atoms with van der Waals surface area (Å²) in [6.07, 6.45) is -3.67. The first kappa shape index (κ1) is 25.8. The van der Waals surface area contributed by atoms with E-state index in [2.05, 4.69) is 0 Å². The standard InChI is InChI=1S/C24H32O8S/c1-2-3-14-29-24-23(31-16-19-12-8-5-9-13-19)22(30-15-18-10-6-4-7-11-18)21(25)20(32-24)17-33(26,27)28/h4-13,20-25H,2-3,14-17H2,1H3,(H,26,27,28)/t20-,21-,22+,23-,24+/m1/s1. The molecule has 2 aromatic carbocycles. The zero-order valence-electron chi connectivity index (χ0n) is 18.7. The molecule has 8 nitrogen and oxygen atoms in total. The average molecular weight is 481 g/mol. The van der Waals surface area contributed by atoms with Crippen molar-refractivity contribution in [2.45, 2.75) is 63.7 Å². The molecule has 33 heavy (non-hydrogen) atoms. The van der Waals surface area contributed by atoms with Crippen molar-refractivity contribution < 1.29 is 37.0 Å². The normalized spacial score (nSPS) is 25.7. The number of ether oxygens (including phenoxy) is 4. The van der Waals surface area contributed by atoms with E-state index in [4.69, 9.17) is 18.9 Å². The van der Waals surface area contributed by atoms with Gasteiger partial charge in [-0.05, 0) is 17.5 Å². The highest BCUT2D eigenvalue weighted by Crippen LogP contribution is 2.29. The number of aliphatic hydroxyl groups excluding tert-OH is 1. The van der Waals surface area contributed by atoms with Crippen molar-refractivity contribution in [2.75, 3.05) is 12.4 Å². The third kappa shape index (κ3) is 8.15. The van der Waals surface area contributed by atoms with Gasteiger partial charge in [-0.3, -0.25) is 4.55 Å². The number of hydrogen-bond donors (Lipinski definition) is 2. The molecule has 0 aromatic heterocycles. The second-order valence-corrected chi connectivity index (χ2v) is 9.53. The van der Waals surface area contributed by atoms with Gasteiger partial charge in [0.2, 0.25) is 0 Å². The third-order valence-electron chi connectivity index (χ3n) is 5.34. The Labute approximate surface area is 195 Å². The van der Waals surface area contributed by atoms with E-state index in [1.165, 1.54) is 0 Å². The Balaban J connectivity index is 1.82. The molecule has 0 unspecified atom stereocenters. The fraction of sp³-hybridized carbons (Fsp3) is 0.500. The van der Waals surface area contributed by atoms with E-state index < -0.39 is 46.6 Å². The van der Waals surface area contributed by atoms with E-state index in [0.717, 1.165) is 24.0 Å². The molecule has 182 valence electrons. The Morgan fingerprint density at radius 3 is 1.94 bits per heavy atom. The summed E-state index contributed by atoms with van der Waals surface area (Å²) >= 11 is 0. The highest BCUT2D eigenvalue weighted by atomic mass is 32.2. The number of rotatable bonds is 12. The van der Waals surface area contributed by atoms with E-state index in [9.17, 15) is 18.1 Å². The summed E-state index contributed by atoms with van der Waals surface area (Å²) in [4.78, 5) is 0. The van der Waals surface area contributed by atoms with Crippen LogP contribution in [0.4, 0.5) is 0 Å². The maximum atomic E-state index is 11.5. The van der Waals surface area contributed by atoms with Crippen LogP contribution in [-0.2, 0) is 42.3 Å². The van der Waals surface area contributed by atoms with Crippen LogP contribution in [0.25, 0.3) is 0 Å². The van der Waals surface area contributed by atoms with Gasteiger partial charge in [0.25, 0.3) is 10.1 Å². The summed E-state index contributed by atoms with van der Waals surface area (Å²) < 4.78 is 56.3. The molecule has 1 aliphatic rings. The number of aliphatic hydroxyl groups is 1. The molecule has 0 spiro atoms. The van der Waals surface area contributed by atoms with Crippen LogP contribution in [-0.4, -0.2) is 61.1 Å². The summed E-state index contributed by atoms with van der Waals surface area (Å²) in [7, 11) is -4.41. The van der Waals surface area contributed by atoms with E-state index >= 15 is 0 Å². The molecule has 9 heteroatoms. The van der Waals surface area contributed by atoms with Crippen molar-refractivity contribution in [1.82, 2.24) is 0 Å². The minimum atomic E-state index is -4.41. The minimum Gasteiger partial charge on any atom is -0.388 e. The molecule has 0 aliphatic carbocycles. The van der Waals surface area contributed by atoms with Gasteiger partial charge in [-0.15, -0.1) is 0 Å². The van der Waals surface area contributed by atoms with Crippen molar-refractivity contribution in [1.29, 1.82) is 0 Å². The molecular formula is C24H32O8S. The SMILES string of the molecule is CCCCO[C@H]1O[C@H](CS(=O)(=O)O)[C@@H](O)[C@H](OCc2ccccc2)[C@H]1OCc1ccccc1. The summed E-state index contributed by atoms with van der Waals surface area (Å²) in [5.74, 6) is -0.779.